The van der Waals surface area contributed by atoms with E-state index in [2.05, 4.69) is 16.0 Å². The zero-order valence-electron chi connectivity index (χ0n) is 29.3. The number of aromatic hydroxyl groups is 2. The van der Waals surface area contributed by atoms with E-state index in [-0.39, 0.29) is 54.0 Å². The number of anilines is 2. The highest BCUT2D eigenvalue weighted by atomic mass is 35.5. The lowest BCUT2D eigenvalue weighted by Gasteiger charge is -2.34. The number of phenols is 2. The molecule has 0 radical (unpaired) electrons. The topological polar surface area (TPSA) is 159 Å². The van der Waals surface area contributed by atoms with Crippen molar-refractivity contribution in [2.75, 3.05) is 50.0 Å². The number of carbonyl (C=O) groups excluding carboxylic acids is 3. The summed E-state index contributed by atoms with van der Waals surface area (Å²) in [5, 5.41) is 27.5. The maximum absolute atomic E-state index is 12.3. The summed E-state index contributed by atoms with van der Waals surface area (Å²) < 4.78 is 16.9. The fourth-order valence-electron chi connectivity index (χ4n) is 5.32. The van der Waals surface area contributed by atoms with Crippen LogP contribution in [0.15, 0.2) is 97.1 Å². The Hall–Kier alpha value is -5.14. The highest BCUT2D eigenvalue weighted by Crippen LogP contribution is 2.26. The fraction of sp³-hybridized carbons (Fsp3) is 0.308. The maximum Gasteiger partial charge on any atom is 0.410 e. The summed E-state index contributed by atoms with van der Waals surface area (Å²) in [6.45, 7) is 9.26. The summed E-state index contributed by atoms with van der Waals surface area (Å²) in [4.78, 5) is 38.3. The Balaban J connectivity index is 0.000000236. The molecule has 5 N–H and O–H groups in total. The molecule has 6 rings (SSSR count). The SMILES string of the molecule is CC(C)(C)OC(=O)N1CCOC(c2ccc(NC(=O)c3ccc(O)cc3)cc2)C1.Cl.O=C(Nc1ccc(C2CNCCO2)cc1)c1ccc(O)cc1. The Morgan fingerprint density at radius 1 is 0.712 bits per heavy atom. The molecule has 4 aromatic rings. The van der Waals surface area contributed by atoms with Gasteiger partial charge >= 0.3 is 6.09 Å². The van der Waals surface area contributed by atoms with Gasteiger partial charge in [0.15, 0.2) is 0 Å². The Labute approximate surface area is 309 Å². The second kappa shape index (κ2) is 18.4. The lowest BCUT2D eigenvalue weighted by molar-refractivity contribution is -0.0432. The number of nitrogens with zero attached hydrogens (tertiary/aromatic N) is 1. The first-order valence-electron chi connectivity index (χ1n) is 16.8. The Morgan fingerprint density at radius 3 is 1.62 bits per heavy atom. The van der Waals surface area contributed by atoms with Gasteiger partial charge in [-0.05, 0) is 105 Å². The van der Waals surface area contributed by atoms with E-state index in [1.165, 1.54) is 24.3 Å². The molecule has 0 saturated carbocycles. The minimum atomic E-state index is -0.539. The van der Waals surface area contributed by atoms with Crippen LogP contribution in [0.3, 0.4) is 0 Å². The molecule has 3 amide bonds. The number of hydrogen-bond donors (Lipinski definition) is 5. The highest BCUT2D eigenvalue weighted by Gasteiger charge is 2.29. The van der Waals surface area contributed by atoms with Crippen molar-refractivity contribution in [3.8, 4) is 11.5 Å². The van der Waals surface area contributed by atoms with Gasteiger partial charge in [-0.15, -0.1) is 12.4 Å². The van der Waals surface area contributed by atoms with Crippen LogP contribution in [0.5, 0.6) is 11.5 Å². The number of phenolic OH excluding ortho intramolecular Hbond substituents is 2. The zero-order chi connectivity index (χ0) is 36.4. The zero-order valence-corrected chi connectivity index (χ0v) is 30.2. The van der Waals surface area contributed by atoms with E-state index >= 15 is 0 Å². The molecule has 12 nitrogen and oxygen atoms in total. The minimum absolute atomic E-state index is 0. The van der Waals surface area contributed by atoms with Crippen LogP contribution in [0.25, 0.3) is 0 Å². The van der Waals surface area contributed by atoms with Crippen LogP contribution < -0.4 is 16.0 Å². The van der Waals surface area contributed by atoms with Crippen molar-refractivity contribution in [3.63, 3.8) is 0 Å². The normalized spacial score (nSPS) is 17.0. The third kappa shape index (κ3) is 11.7. The number of carbonyl (C=O) groups is 3. The number of amides is 3. The number of halogens is 1. The summed E-state index contributed by atoms with van der Waals surface area (Å²) >= 11 is 0. The van der Waals surface area contributed by atoms with Gasteiger partial charge in [0.1, 0.15) is 23.2 Å². The lowest BCUT2D eigenvalue weighted by atomic mass is 10.1. The van der Waals surface area contributed by atoms with Gasteiger partial charge in [-0.3, -0.25) is 9.59 Å². The fourth-order valence-corrected chi connectivity index (χ4v) is 5.32. The van der Waals surface area contributed by atoms with Gasteiger partial charge in [-0.2, -0.15) is 0 Å². The molecule has 276 valence electrons. The van der Waals surface area contributed by atoms with Gasteiger partial charge in [0, 0.05) is 42.1 Å². The minimum Gasteiger partial charge on any atom is -0.508 e. The monoisotopic (exact) mass is 732 g/mol. The number of hydrogen-bond acceptors (Lipinski definition) is 9. The third-order valence-electron chi connectivity index (χ3n) is 7.99. The lowest BCUT2D eigenvalue weighted by Crippen LogP contribution is -2.44. The van der Waals surface area contributed by atoms with Crippen LogP contribution in [0, 0.1) is 0 Å². The van der Waals surface area contributed by atoms with Crippen LogP contribution in [0.1, 0.15) is 64.8 Å². The second-order valence-corrected chi connectivity index (χ2v) is 13.1. The summed E-state index contributed by atoms with van der Waals surface area (Å²) in [6, 6.07) is 27.2. The van der Waals surface area contributed by atoms with Crippen LogP contribution in [-0.4, -0.2) is 78.0 Å². The van der Waals surface area contributed by atoms with Crippen molar-refractivity contribution in [2.24, 2.45) is 0 Å². The van der Waals surface area contributed by atoms with Crippen molar-refractivity contribution in [1.29, 1.82) is 0 Å². The molecule has 2 heterocycles. The highest BCUT2D eigenvalue weighted by molar-refractivity contribution is 6.05. The van der Waals surface area contributed by atoms with Gasteiger partial charge in [0.2, 0.25) is 0 Å². The van der Waals surface area contributed by atoms with Crippen LogP contribution in [0.2, 0.25) is 0 Å². The van der Waals surface area contributed by atoms with Gasteiger partial charge in [0.05, 0.1) is 25.9 Å². The number of morpholine rings is 2. The summed E-state index contributed by atoms with van der Waals surface area (Å²) in [7, 11) is 0. The Kier molecular flexibility index (Phi) is 14.0. The van der Waals surface area contributed by atoms with Crippen molar-refractivity contribution in [1.82, 2.24) is 10.2 Å². The molecule has 2 aliphatic heterocycles. The average Bonchev–Trinajstić information content (AvgIpc) is 3.13. The Morgan fingerprint density at radius 2 is 1.17 bits per heavy atom. The smallest absolute Gasteiger partial charge is 0.410 e. The van der Waals surface area contributed by atoms with E-state index in [0.717, 1.165) is 29.9 Å². The van der Waals surface area contributed by atoms with E-state index in [9.17, 15) is 24.6 Å². The van der Waals surface area contributed by atoms with E-state index < -0.39 is 5.60 Å². The van der Waals surface area contributed by atoms with E-state index in [4.69, 9.17) is 14.2 Å². The summed E-state index contributed by atoms with van der Waals surface area (Å²) in [5.74, 6) is -0.216. The molecule has 2 atom stereocenters. The Bertz CT molecular complexity index is 1760. The van der Waals surface area contributed by atoms with E-state index in [0.29, 0.717) is 43.1 Å². The van der Waals surface area contributed by atoms with Gasteiger partial charge in [0.25, 0.3) is 11.8 Å². The molecule has 2 aliphatic rings. The first-order valence-corrected chi connectivity index (χ1v) is 16.8. The van der Waals surface area contributed by atoms with Gasteiger partial charge < -0.3 is 45.3 Å². The summed E-state index contributed by atoms with van der Waals surface area (Å²) in [6.07, 6.45) is -0.530. The predicted octanol–water partition coefficient (Wildman–Crippen LogP) is 6.68. The molecule has 13 heteroatoms. The van der Waals surface area contributed by atoms with E-state index in [1.54, 1.807) is 41.3 Å². The van der Waals surface area contributed by atoms with Crippen LogP contribution >= 0.6 is 12.4 Å². The molecule has 0 spiro atoms. The molecular formula is C39H45ClN4O8. The molecule has 0 aliphatic carbocycles. The average molecular weight is 733 g/mol. The molecule has 0 aromatic heterocycles. The molecule has 0 bridgehead atoms. The number of ether oxygens (including phenoxy) is 3. The van der Waals surface area contributed by atoms with Crippen molar-refractivity contribution < 1.29 is 38.8 Å². The van der Waals surface area contributed by atoms with Gasteiger partial charge in [-0.1, -0.05) is 24.3 Å². The first-order chi connectivity index (χ1) is 24.4. The maximum atomic E-state index is 12.3. The number of rotatable bonds is 6. The molecule has 52 heavy (non-hydrogen) atoms. The van der Waals surface area contributed by atoms with Crippen molar-refractivity contribution in [2.45, 2.75) is 38.6 Å². The quantitative estimate of drug-likeness (QED) is 0.146. The largest absolute Gasteiger partial charge is 0.508 e. The van der Waals surface area contributed by atoms with Gasteiger partial charge in [-0.25, -0.2) is 4.79 Å². The summed E-state index contributed by atoms with van der Waals surface area (Å²) in [5.41, 5.74) is 3.80. The van der Waals surface area contributed by atoms with Crippen molar-refractivity contribution in [3.05, 3.63) is 119 Å². The molecule has 4 aromatic carbocycles. The third-order valence-corrected chi connectivity index (χ3v) is 7.99. The molecule has 2 saturated heterocycles. The van der Waals surface area contributed by atoms with Crippen molar-refractivity contribution >= 4 is 41.7 Å². The number of nitrogens with one attached hydrogen (secondary N) is 3. The second-order valence-electron chi connectivity index (χ2n) is 13.1. The number of benzene rings is 4. The molecule has 2 unspecified atom stereocenters. The van der Waals surface area contributed by atoms with Crippen LogP contribution in [-0.2, 0) is 14.2 Å². The first kappa shape index (κ1) is 39.6. The van der Waals surface area contributed by atoms with Crippen LogP contribution in [0.4, 0.5) is 16.2 Å². The molecule has 2 fully saturated rings. The molecular weight excluding hydrogens is 688 g/mol. The predicted molar refractivity (Wildman–Crippen MR) is 200 cm³/mol. The van der Waals surface area contributed by atoms with E-state index in [1.807, 2.05) is 57.2 Å². The standard InChI is InChI=1S/C22H26N2O5.C17H18N2O3.ClH/c1-22(2,3)29-21(27)24-12-13-28-19(14-24)15-4-8-17(9-5-15)23-20(26)16-6-10-18(25)11-7-16;20-15-7-3-13(4-8-15)17(21)19-14-5-1-12(2-6-14)16-11-18-9-10-22-16;/h4-11,19,25H,12-14H2,1-3H3,(H,23,26);1-8,16,18,20H,9-11H2,(H,19,21);1H.